The fraction of sp³-hybridized carbons (Fsp3) is 0.857. The van der Waals surface area contributed by atoms with Crippen molar-refractivity contribution < 1.29 is 9.53 Å². The Hall–Kier alpha value is -0.310. The second kappa shape index (κ2) is 6.14. The molecule has 0 aromatic heterocycles. The molecular formula is C21H31BrO2. The average molecular weight is 395 g/mol. The Bertz CT molecular complexity index is 556. The lowest BCUT2D eigenvalue weighted by molar-refractivity contribution is -0.148. The Morgan fingerprint density at radius 3 is 2.83 bits per heavy atom. The molecule has 0 aromatic carbocycles. The highest BCUT2D eigenvalue weighted by Crippen LogP contribution is 2.64. The standard InChI is InChI=1S/C21H31BrO2/c1-20-9-3-4-17(20)16-6-5-14-12-15(24-19(23)13-22)7-11-21(14,2)18(16)8-10-20/h5,15-18H,3-4,6-13H2,1-2H3/t15-,16+,17+,18+,20-,21-/m0/s1. The van der Waals surface area contributed by atoms with Gasteiger partial charge in [-0.15, -0.1) is 0 Å². The van der Waals surface area contributed by atoms with Gasteiger partial charge in [-0.2, -0.15) is 0 Å². The minimum atomic E-state index is -0.114. The molecule has 0 heterocycles. The first-order chi connectivity index (χ1) is 11.5. The van der Waals surface area contributed by atoms with Gasteiger partial charge in [0.1, 0.15) is 11.4 Å². The first kappa shape index (κ1) is 17.1. The molecule has 4 rings (SSSR count). The number of carbonyl (C=O) groups excluding carboxylic acids is 1. The van der Waals surface area contributed by atoms with Gasteiger partial charge < -0.3 is 4.74 Å². The van der Waals surface area contributed by atoms with E-state index in [1.54, 1.807) is 5.57 Å². The van der Waals surface area contributed by atoms with Gasteiger partial charge in [-0.1, -0.05) is 47.8 Å². The van der Waals surface area contributed by atoms with Crippen LogP contribution in [0.15, 0.2) is 11.6 Å². The number of esters is 1. The first-order valence-corrected chi connectivity index (χ1v) is 11.0. The summed E-state index contributed by atoms with van der Waals surface area (Å²) >= 11 is 3.21. The highest BCUT2D eigenvalue weighted by Gasteiger charge is 2.55. The summed E-state index contributed by atoms with van der Waals surface area (Å²) in [5.41, 5.74) is 2.60. The van der Waals surface area contributed by atoms with Crippen molar-refractivity contribution in [2.45, 2.75) is 77.7 Å². The van der Waals surface area contributed by atoms with E-state index in [9.17, 15) is 4.79 Å². The Labute approximate surface area is 154 Å². The van der Waals surface area contributed by atoms with Gasteiger partial charge in [0.05, 0.1) is 0 Å². The van der Waals surface area contributed by atoms with Crippen molar-refractivity contribution >= 4 is 21.9 Å². The molecule has 0 N–H and O–H groups in total. The average Bonchev–Trinajstić information content (AvgIpc) is 2.97. The molecule has 0 saturated heterocycles. The topological polar surface area (TPSA) is 26.3 Å². The zero-order valence-corrected chi connectivity index (χ0v) is 16.7. The summed E-state index contributed by atoms with van der Waals surface area (Å²) in [5.74, 6) is 2.61. The van der Waals surface area contributed by atoms with Crippen molar-refractivity contribution in [1.29, 1.82) is 0 Å². The van der Waals surface area contributed by atoms with E-state index in [2.05, 4.69) is 35.9 Å². The lowest BCUT2D eigenvalue weighted by atomic mass is 9.48. The van der Waals surface area contributed by atoms with Gasteiger partial charge >= 0.3 is 5.97 Å². The lowest BCUT2D eigenvalue weighted by Gasteiger charge is -2.57. The molecule has 0 amide bonds. The number of fused-ring (bicyclic) bond motifs is 5. The second-order valence-corrected chi connectivity index (χ2v) is 9.89. The second-order valence-electron chi connectivity index (χ2n) is 9.33. The van der Waals surface area contributed by atoms with Crippen LogP contribution < -0.4 is 0 Å². The van der Waals surface area contributed by atoms with Crippen LogP contribution in [0.5, 0.6) is 0 Å². The van der Waals surface area contributed by atoms with Crippen LogP contribution in [0.1, 0.15) is 71.6 Å². The third-order valence-electron chi connectivity index (χ3n) is 8.25. The summed E-state index contributed by atoms with van der Waals surface area (Å²) in [6.45, 7) is 5.09. The van der Waals surface area contributed by atoms with E-state index >= 15 is 0 Å². The molecule has 0 unspecified atom stereocenters. The van der Waals surface area contributed by atoms with Crippen LogP contribution in [-0.4, -0.2) is 17.4 Å². The van der Waals surface area contributed by atoms with Crippen LogP contribution in [0.4, 0.5) is 0 Å². The van der Waals surface area contributed by atoms with Crippen LogP contribution in [0.3, 0.4) is 0 Å². The van der Waals surface area contributed by atoms with Gasteiger partial charge in [-0.25, -0.2) is 0 Å². The lowest BCUT2D eigenvalue weighted by Crippen LogP contribution is -2.49. The van der Waals surface area contributed by atoms with Crippen LogP contribution in [0.25, 0.3) is 0 Å². The summed E-state index contributed by atoms with van der Waals surface area (Å²) in [6.07, 6.45) is 14.4. The van der Waals surface area contributed by atoms with Gasteiger partial charge in [0.2, 0.25) is 0 Å². The first-order valence-electron chi connectivity index (χ1n) is 9.91. The van der Waals surface area contributed by atoms with Crippen LogP contribution in [0.2, 0.25) is 0 Å². The number of halogens is 1. The number of alkyl halides is 1. The Morgan fingerprint density at radius 2 is 2.04 bits per heavy atom. The van der Waals surface area contributed by atoms with E-state index in [1.165, 1.54) is 44.9 Å². The molecular weight excluding hydrogens is 364 g/mol. The van der Waals surface area contributed by atoms with Crippen LogP contribution in [-0.2, 0) is 9.53 Å². The van der Waals surface area contributed by atoms with Crippen LogP contribution in [0, 0.1) is 28.6 Å². The van der Waals surface area contributed by atoms with Gasteiger partial charge in [0.15, 0.2) is 0 Å². The molecule has 24 heavy (non-hydrogen) atoms. The fourth-order valence-corrected chi connectivity index (χ4v) is 7.07. The zero-order valence-electron chi connectivity index (χ0n) is 15.2. The van der Waals surface area contributed by atoms with Gasteiger partial charge in [0, 0.05) is 6.42 Å². The number of allylic oxidation sites excluding steroid dienone is 1. The minimum Gasteiger partial charge on any atom is -0.461 e. The predicted octanol–water partition coefficient (Wildman–Crippen LogP) is 5.65. The number of ether oxygens (including phenoxy) is 1. The maximum absolute atomic E-state index is 11.6. The third-order valence-corrected chi connectivity index (χ3v) is 8.70. The largest absolute Gasteiger partial charge is 0.461 e. The molecule has 0 aliphatic heterocycles. The quantitative estimate of drug-likeness (QED) is 0.343. The summed E-state index contributed by atoms with van der Waals surface area (Å²) in [7, 11) is 0. The zero-order chi connectivity index (χ0) is 16.9. The highest BCUT2D eigenvalue weighted by atomic mass is 79.9. The summed E-state index contributed by atoms with van der Waals surface area (Å²) in [5, 5.41) is 0.310. The molecule has 4 aliphatic carbocycles. The minimum absolute atomic E-state index is 0.103. The monoisotopic (exact) mass is 394 g/mol. The van der Waals surface area contributed by atoms with Crippen molar-refractivity contribution in [2.24, 2.45) is 28.6 Å². The number of rotatable bonds is 2. The molecule has 3 saturated carbocycles. The molecule has 3 fully saturated rings. The maximum atomic E-state index is 11.6. The normalized spacial score (nSPS) is 47.2. The van der Waals surface area contributed by atoms with Gasteiger partial charge in [0.25, 0.3) is 0 Å². The number of carbonyl (C=O) groups is 1. The van der Waals surface area contributed by atoms with Crippen LogP contribution >= 0.6 is 15.9 Å². The maximum Gasteiger partial charge on any atom is 0.316 e. The molecule has 2 nitrogen and oxygen atoms in total. The Morgan fingerprint density at radius 1 is 1.21 bits per heavy atom. The van der Waals surface area contributed by atoms with E-state index in [0.29, 0.717) is 16.2 Å². The molecule has 0 radical (unpaired) electrons. The Balaban J connectivity index is 1.55. The fourth-order valence-electron chi connectivity index (χ4n) is 6.94. The number of hydrogen-bond acceptors (Lipinski definition) is 2. The Kier molecular flexibility index (Phi) is 4.38. The van der Waals surface area contributed by atoms with E-state index in [-0.39, 0.29) is 12.1 Å². The predicted molar refractivity (Wildman–Crippen MR) is 100.0 cm³/mol. The van der Waals surface area contributed by atoms with Crippen molar-refractivity contribution in [3.8, 4) is 0 Å². The van der Waals surface area contributed by atoms with Crippen molar-refractivity contribution in [3.05, 3.63) is 11.6 Å². The molecule has 0 bridgehead atoms. The molecule has 0 aromatic rings. The smallest absolute Gasteiger partial charge is 0.316 e. The number of hydrogen-bond donors (Lipinski definition) is 0. The summed E-state index contributed by atoms with van der Waals surface area (Å²) in [6, 6.07) is 0. The van der Waals surface area contributed by atoms with Crippen molar-refractivity contribution in [3.63, 3.8) is 0 Å². The molecule has 0 spiro atoms. The molecule has 3 heteroatoms. The van der Waals surface area contributed by atoms with Crippen molar-refractivity contribution in [2.75, 3.05) is 5.33 Å². The third kappa shape index (κ3) is 2.61. The van der Waals surface area contributed by atoms with E-state index in [1.807, 2.05) is 0 Å². The summed E-state index contributed by atoms with van der Waals surface area (Å²) < 4.78 is 5.63. The molecule has 6 atom stereocenters. The summed E-state index contributed by atoms with van der Waals surface area (Å²) in [4.78, 5) is 11.6. The van der Waals surface area contributed by atoms with E-state index in [4.69, 9.17) is 4.74 Å². The SMILES string of the molecule is C[C@@]12CCC[C@@H]1[C@H]1CC=C3C[C@@H](OC(=O)CBr)CC[C@]3(C)[C@@H]1CC2. The van der Waals surface area contributed by atoms with Crippen molar-refractivity contribution in [1.82, 2.24) is 0 Å². The van der Waals surface area contributed by atoms with Gasteiger partial charge in [-0.05, 0) is 73.5 Å². The molecule has 4 aliphatic rings. The highest BCUT2D eigenvalue weighted by molar-refractivity contribution is 9.09. The van der Waals surface area contributed by atoms with Gasteiger partial charge in [-0.3, -0.25) is 4.79 Å². The van der Waals surface area contributed by atoms with E-state index < -0.39 is 0 Å². The molecule has 134 valence electrons. The van der Waals surface area contributed by atoms with E-state index in [0.717, 1.165) is 30.6 Å².